The number of hydrogen-bond acceptors (Lipinski definition) is 4. The van der Waals surface area contributed by atoms with Gasteiger partial charge in [0.2, 0.25) is 11.9 Å². The van der Waals surface area contributed by atoms with Crippen LogP contribution in [0.3, 0.4) is 0 Å². The first kappa shape index (κ1) is 26.9. The average molecular weight is 563 g/mol. The van der Waals surface area contributed by atoms with Crippen LogP contribution in [0.4, 0.5) is 5.95 Å². The lowest BCUT2D eigenvalue weighted by Crippen LogP contribution is -2.42. The molecular formula is C30H28Cl2N4O3. The SMILES string of the molecule is Cc1cccc(-n2cc(-c3ccc(Cl)cc3)nc2NC(=O)CN(CC2CCCO2)C(=O)c2ccccc2Cl)c1. The van der Waals surface area contributed by atoms with Gasteiger partial charge in [-0.05, 0) is 61.7 Å². The average Bonchev–Trinajstić information content (AvgIpc) is 3.59. The smallest absolute Gasteiger partial charge is 0.255 e. The van der Waals surface area contributed by atoms with Gasteiger partial charge in [-0.2, -0.15) is 0 Å². The Hall–Kier alpha value is -3.65. The molecule has 0 saturated carbocycles. The van der Waals surface area contributed by atoms with Gasteiger partial charge in [-0.3, -0.25) is 19.5 Å². The Morgan fingerprint density at radius 2 is 1.87 bits per heavy atom. The lowest BCUT2D eigenvalue weighted by atomic mass is 10.1. The number of anilines is 1. The van der Waals surface area contributed by atoms with E-state index in [1.54, 1.807) is 36.4 Å². The summed E-state index contributed by atoms with van der Waals surface area (Å²) in [7, 11) is 0. The third-order valence-electron chi connectivity index (χ3n) is 6.55. The van der Waals surface area contributed by atoms with Crippen molar-refractivity contribution in [2.24, 2.45) is 0 Å². The molecule has 1 aliphatic rings. The van der Waals surface area contributed by atoms with E-state index in [0.717, 1.165) is 29.7 Å². The minimum Gasteiger partial charge on any atom is -0.376 e. The van der Waals surface area contributed by atoms with Crippen molar-refractivity contribution in [3.63, 3.8) is 0 Å². The maximum absolute atomic E-state index is 13.5. The standard InChI is InChI=1S/C30H28Cl2N4O3/c1-20-6-4-7-23(16-20)36-18-27(21-11-13-22(31)14-12-21)33-30(36)34-28(37)19-35(17-24-8-5-15-39-24)29(38)25-9-2-3-10-26(25)32/h2-4,6-7,9-14,16,18,24H,5,8,15,17,19H2,1H3,(H,33,34,37). The summed E-state index contributed by atoms with van der Waals surface area (Å²) in [5.74, 6) is -0.358. The van der Waals surface area contributed by atoms with E-state index in [9.17, 15) is 9.59 Å². The molecule has 9 heteroatoms. The van der Waals surface area contributed by atoms with Crippen LogP contribution in [0.25, 0.3) is 16.9 Å². The molecule has 0 bridgehead atoms. The quantitative estimate of drug-likeness (QED) is 0.269. The van der Waals surface area contributed by atoms with Crippen LogP contribution in [-0.4, -0.2) is 52.1 Å². The highest BCUT2D eigenvalue weighted by Crippen LogP contribution is 2.26. The molecule has 0 radical (unpaired) electrons. The summed E-state index contributed by atoms with van der Waals surface area (Å²) in [5.41, 5.74) is 3.79. The highest BCUT2D eigenvalue weighted by molar-refractivity contribution is 6.33. The molecule has 2 heterocycles. The molecule has 200 valence electrons. The van der Waals surface area contributed by atoms with Crippen molar-refractivity contribution in [3.8, 4) is 16.9 Å². The Bertz CT molecular complexity index is 1480. The topological polar surface area (TPSA) is 76.5 Å². The Morgan fingerprint density at radius 3 is 2.59 bits per heavy atom. The highest BCUT2D eigenvalue weighted by Gasteiger charge is 2.27. The summed E-state index contributed by atoms with van der Waals surface area (Å²) in [6.45, 7) is 2.76. The van der Waals surface area contributed by atoms with Crippen LogP contribution in [0.2, 0.25) is 10.0 Å². The van der Waals surface area contributed by atoms with Gasteiger partial charge in [-0.25, -0.2) is 4.98 Å². The predicted octanol–water partition coefficient (Wildman–Crippen LogP) is 6.41. The summed E-state index contributed by atoms with van der Waals surface area (Å²) in [6.07, 6.45) is 3.49. The Balaban J connectivity index is 1.43. The molecule has 2 amide bonds. The number of rotatable bonds is 8. The van der Waals surface area contributed by atoms with E-state index in [-0.39, 0.29) is 24.5 Å². The molecule has 1 aliphatic heterocycles. The van der Waals surface area contributed by atoms with Gasteiger partial charge in [0.1, 0.15) is 6.54 Å². The van der Waals surface area contributed by atoms with Crippen LogP contribution in [0.15, 0.2) is 79.0 Å². The number of halogens is 2. The van der Waals surface area contributed by atoms with Crippen LogP contribution in [0.5, 0.6) is 0 Å². The fraction of sp³-hybridized carbons (Fsp3) is 0.233. The number of ether oxygens (including phenoxy) is 1. The van der Waals surface area contributed by atoms with Gasteiger partial charge in [0, 0.05) is 35.6 Å². The zero-order valence-corrected chi connectivity index (χ0v) is 23.0. The summed E-state index contributed by atoms with van der Waals surface area (Å²) < 4.78 is 7.59. The van der Waals surface area contributed by atoms with Crippen molar-refractivity contribution < 1.29 is 14.3 Å². The van der Waals surface area contributed by atoms with E-state index < -0.39 is 0 Å². The molecule has 3 aromatic carbocycles. The number of hydrogen-bond donors (Lipinski definition) is 1. The lowest BCUT2D eigenvalue weighted by Gasteiger charge is -2.25. The van der Waals surface area contributed by atoms with Crippen molar-refractivity contribution in [3.05, 3.63) is 100 Å². The number of amides is 2. The monoisotopic (exact) mass is 562 g/mol. The van der Waals surface area contributed by atoms with Gasteiger partial charge < -0.3 is 9.64 Å². The summed E-state index contributed by atoms with van der Waals surface area (Å²) in [4.78, 5) is 33.1. The first-order chi connectivity index (χ1) is 18.9. The second-order valence-electron chi connectivity index (χ2n) is 9.51. The van der Waals surface area contributed by atoms with Gasteiger partial charge in [0.05, 0.1) is 22.4 Å². The molecule has 1 aromatic heterocycles. The van der Waals surface area contributed by atoms with E-state index in [0.29, 0.717) is 40.4 Å². The van der Waals surface area contributed by atoms with Crippen molar-refractivity contribution >= 4 is 41.0 Å². The molecule has 39 heavy (non-hydrogen) atoms. The van der Waals surface area contributed by atoms with E-state index >= 15 is 0 Å². The second-order valence-corrected chi connectivity index (χ2v) is 10.4. The van der Waals surface area contributed by atoms with Crippen molar-refractivity contribution in [1.29, 1.82) is 0 Å². The van der Waals surface area contributed by atoms with E-state index in [2.05, 4.69) is 5.32 Å². The van der Waals surface area contributed by atoms with Gasteiger partial charge in [0.15, 0.2) is 0 Å². The number of aryl methyl sites for hydroxylation is 1. The van der Waals surface area contributed by atoms with Crippen LogP contribution in [0.1, 0.15) is 28.8 Å². The fourth-order valence-electron chi connectivity index (χ4n) is 4.60. The van der Waals surface area contributed by atoms with Crippen LogP contribution >= 0.6 is 23.2 Å². The minimum atomic E-state index is -0.379. The molecule has 1 atom stereocenters. The zero-order valence-electron chi connectivity index (χ0n) is 21.4. The zero-order chi connectivity index (χ0) is 27.4. The molecule has 0 aliphatic carbocycles. The molecule has 5 rings (SSSR count). The fourth-order valence-corrected chi connectivity index (χ4v) is 4.94. The van der Waals surface area contributed by atoms with E-state index in [4.69, 9.17) is 32.9 Å². The van der Waals surface area contributed by atoms with E-state index in [1.165, 1.54) is 4.90 Å². The molecule has 4 aromatic rings. The molecule has 1 N–H and O–H groups in total. The normalized spacial score (nSPS) is 14.8. The molecule has 1 unspecified atom stereocenters. The van der Waals surface area contributed by atoms with Crippen LogP contribution < -0.4 is 5.32 Å². The van der Waals surface area contributed by atoms with Crippen molar-refractivity contribution in [2.45, 2.75) is 25.9 Å². The third-order valence-corrected chi connectivity index (χ3v) is 7.13. The molecule has 0 spiro atoms. The summed E-state index contributed by atoms with van der Waals surface area (Å²) in [6, 6.07) is 22.1. The predicted molar refractivity (Wildman–Crippen MR) is 154 cm³/mol. The van der Waals surface area contributed by atoms with Gasteiger partial charge in [0.25, 0.3) is 5.91 Å². The summed E-state index contributed by atoms with van der Waals surface area (Å²) in [5, 5.41) is 3.89. The molecular weight excluding hydrogens is 535 g/mol. The van der Waals surface area contributed by atoms with Crippen molar-refractivity contribution in [2.75, 3.05) is 25.0 Å². The largest absolute Gasteiger partial charge is 0.376 e. The summed E-state index contributed by atoms with van der Waals surface area (Å²) >= 11 is 12.4. The minimum absolute atomic E-state index is 0.130. The number of aromatic nitrogens is 2. The number of benzene rings is 3. The Kier molecular flexibility index (Phi) is 8.31. The van der Waals surface area contributed by atoms with Gasteiger partial charge in [-0.1, -0.05) is 59.6 Å². The molecule has 7 nitrogen and oxygen atoms in total. The number of carbonyl (C=O) groups is 2. The maximum atomic E-state index is 13.5. The number of nitrogens with one attached hydrogen (secondary N) is 1. The van der Waals surface area contributed by atoms with Gasteiger partial charge in [-0.15, -0.1) is 0 Å². The second kappa shape index (κ2) is 12.0. The Labute approximate surface area is 237 Å². The molecule has 1 saturated heterocycles. The van der Waals surface area contributed by atoms with Gasteiger partial charge >= 0.3 is 0 Å². The Morgan fingerprint density at radius 1 is 1.08 bits per heavy atom. The van der Waals surface area contributed by atoms with Crippen molar-refractivity contribution in [1.82, 2.24) is 14.5 Å². The maximum Gasteiger partial charge on any atom is 0.255 e. The van der Waals surface area contributed by atoms with E-state index in [1.807, 2.05) is 54.1 Å². The van der Waals surface area contributed by atoms with Crippen LogP contribution in [0, 0.1) is 6.92 Å². The van der Waals surface area contributed by atoms with Crippen LogP contribution in [-0.2, 0) is 9.53 Å². The molecule has 1 fully saturated rings. The third kappa shape index (κ3) is 6.50. The number of carbonyl (C=O) groups excluding carboxylic acids is 2. The lowest BCUT2D eigenvalue weighted by molar-refractivity contribution is -0.117. The number of imidazole rings is 1. The first-order valence-corrected chi connectivity index (χ1v) is 13.5. The number of nitrogens with zero attached hydrogens (tertiary/aromatic N) is 3. The highest BCUT2D eigenvalue weighted by atomic mass is 35.5. The first-order valence-electron chi connectivity index (χ1n) is 12.7.